The van der Waals surface area contributed by atoms with Crippen LogP contribution in [-0.4, -0.2) is 36.5 Å². The largest absolute Gasteiger partial charge is 0.493 e. The molecular formula is C27H30N2O5. The number of fused-ring (bicyclic) bond motifs is 3. The van der Waals surface area contributed by atoms with Gasteiger partial charge in [0.15, 0.2) is 0 Å². The Labute approximate surface area is 199 Å². The second-order valence-electron chi connectivity index (χ2n) is 9.36. The highest BCUT2D eigenvalue weighted by Gasteiger charge is 2.41. The van der Waals surface area contributed by atoms with E-state index in [0.717, 1.165) is 34.5 Å². The lowest BCUT2D eigenvalue weighted by molar-refractivity contribution is 0.0600. The molecule has 2 aromatic carbocycles. The number of ether oxygens (including phenoxy) is 3. The first-order valence-electron chi connectivity index (χ1n) is 11.9. The first-order valence-corrected chi connectivity index (χ1v) is 11.9. The zero-order valence-corrected chi connectivity index (χ0v) is 19.6. The minimum absolute atomic E-state index is 0.0635. The van der Waals surface area contributed by atoms with Crippen molar-refractivity contribution in [2.24, 2.45) is 18.9 Å². The number of hydrogen-bond acceptors (Lipinski definition) is 5. The van der Waals surface area contributed by atoms with Crippen molar-refractivity contribution in [3.8, 4) is 5.75 Å². The molecule has 178 valence electrons. The van der Waals surface area contributed by atoms with E-state index in [-0.39, 0.29) is 18.2 Å². The van der Waals surface area contributed by atoms with E-state index in [1.54, 1.807) is 24.3 Å². The van der Waals surface area contributed by atoms with Crippen molar-refractivity contribution in [1.29, 1.82) is 0 Å². The molecule has 3 aromatic rings. The van der Waals surface area contributed by atoms with Gasteiger partial charge in [0.05, 0.1) is 19.3 Å². The number of methoxy groups -OCH3 is 1. The van der Waals surface area contributed by atoms with Crippen LogP contribution in [0, 0.1) is 11.8 Å². The third-order valence-corrected chi connectivity index (χ3v) is 7.17. The van der Waals surface area contributed by atoms with Crippen LogP contribution in [0.4, 0.5) is 10.5 Å². The number of hydrogen-bond donors (Lipinski definition) is 1. The summed E-state index contributed by atoms with van der Waals surface area (Å²) in [6.07, 6.45) is 7.16. The van der Waals surface area contributed by atoms with Crippen LogP contribution in [0.25, 0.3) is 10.9 Å². The molecule has 0 aliphatic heterocycles. The Kier molecular flexibility index (Phi) is 6.18. The van der Waals surface area contributed by atoms with Crippen LogP contribution in [0.2, 0.25) is 0 Å². The lowest BCUT2D eigenvalue weighted by Gasteiger charge is -2.22. The Bertz CT molecular complexity index is 1200. The molecule has 0 radical (unpaired) electrons. The molecule has 1 amide bonds. The van der Waals surface area contributed by atoms with Gasteiger partial charge in [-0.2, -0.15) is 0 Å². The van der Waals surface area contributed by atoms with Gasteiger partial charge in [0.1, 0.15) is 11.9 Å². The average Bonchev–Trinajstić information content (AvgIpc) is 3.54. The highest BCUT2D eigenvalue weighted by atomic mass is 16.6. The molecule has 7 nitrogen and oxygen atoms in total. The van der Waals surface area contributed by atoms with Crippen LogP contribution < -0.4 is 10.1 Å². The molecule has 34 heavy (non-hydrogen) atoms. The van der Waals surface area contributed by atoms with Crippen molar-refractivity contribution in [2.45, 2.75) is 38.2 Å². The van der Waals surface area contributed by atoms with Crippen molar-refractivity contribution in [3.63, 3.8) is 0 Å². The number of rotatable bonds is 7. The highest BCUT2D eigenvalue weighted by molar-refractivity contribution is 5.92. The molecule has 1 heterocycles. The maximum Gasteiger partial charge on any atom is 0.411 e. The van der Waals surface area contributed by atoms with Crippen LogP contribution in [0.1, 0.15) is 41.6 Å². The average molecular weight is 463 g/mol. The molecule has 2 bridgehead atoms. The normalized spacial score (nSPS) is 20.9. The monoisotopic (exact) mass is 462 g/mol. The van der Waals surface area contributed by atoms with Crippen molar-refractivity contribution in [3.05, 3.63) is 59.8 Å². The zero-order chi connectivity index (χ0) is 23.7. The fraction of sp³-hybridized carbons (Fsp3) is 0.407. The second-order valence-corrected chi connectivity index (χ2v) is 9.36. The summed E-state index contributed by atoms with van der Waals surface area (Å²) in [7, 11) is 3.37. The molecule has 0 spiro atoms. The number of anilines is 1. The van der Waals surface area contributed by atoms with E-state index in [4.69, 9.17) is 14.2 Å². The number of carbonyl (C=O) groups excluding carboxylic acids is 2. The summed E-state index contributed by atoms with van der Waals surface area (Å²) in [5.41, 5.74) is 3.44. The molecular weight excluding hydrogens is 432 g/mol. The molecule has 3 atom stereocenters. The standard InChI is InChI=1S/C27H30N2O5/c1-29-16-20(11-12-33-22-8-5-18(6-9-22)26(30)32-2)23-15-21(7-10-24(23)29)28-27(31)34-25-14-17-3-4-19(25)13-17/h5-10,15-17,19,25H,3-4,11-14H2,1-2H3,(H,28,31). The van der Waals surface area contributed by atoms with E-state index in [1.807, 2.05) is 25.2 Å². The van der Waals surface area contributed by atoms with Gasteiger partial charge in [-0.15, -0.1) is 0 Å². The van der Waals surface area contributed by atoms with Gasteiger partial charge in [-0.25, -0.2) is 9.59 Å². The van der Waals surface area contributed by atoms with Crippen molar-refractivity contribution in [2.75, 3.05) is 19.0 Å². The Morgan fingerprint density at radius 3 is 2.62 bits per heavy atom. The summed E-state index contributed by atoms with van der Waals surface area (Å²) in [5.74, 6) is 1.60. The number of benzene rings is 2. The summed E-state index contributed by atoms with van der Waals surface area (Å²) in [6.45, 7) is 0.487. The SMILES string of the molecule is COC(=O)c1ccc(OCCc2cn(C)c3ccc(NC(=O)OC4CC5CCC4C5)cc23)cc1. The minimum atomic E-state index is -0.369. The van der Waals surface area contributed by atoms with Crippen molar-refractivity contribution in [1.82, 2.24) is 4.57 Å². The molecule has 2 saturated carbocycles. The Morgan fingerprint density at radius 1 is 1.09 bits per heavy atom. The molecule has 7 heteroatoms. The third-order valence-electron chi connectivity index (χ3n) is 7.17. The zero-order valence-electron chi connectivity index (χ0n) is 19.6. The Balaban J connectivity index is 1.21. The Morgan fingerprint density at radius 2 is 1.91 bits per heavy atom. The number of aryl methyl sites for hydroxylation is 1. The van der Waals surface area contributed by atoms with Gasteiger partial charge in [0.2, 0.25) is 0 Å². The minimum Gasteiger partial charge on any atom is -0.493 e. The maximum absolute atomic E-state index is 12.5. The lowest BCUT2D eigenvalue weighted by atomic mass is 9.98. The number of nitrogens with zero attached hydrogens (tertiary/aromatic N) is 1. The highest BCUT2D eigenvalue weighted by Crippen LogP contribution is 2.45. The topological polar surface area (TPSA) is 78.8 Å². The first kappa shape index (κ1) is 22.3. The Hall–Kier alpha value is -3.48. The van der Waals surface area contributed by atoms with E-state index < -0.39 is 0 Å². The van der Waals surface area contributed by atoms with E-state index in [9.17, 15) is 9.59 Å². The second kappa shape index (κ2) is 9.41. The molecule has 2 aliphatic rings. The summed E-state index contributed by atoms with van der Waals surface area (Å²) >= 11 is 0. The molecule has 2 fully saturated rings. The fourth-order valence-corrected chi connectivity index (χ4v) is 5.45. The van der Waals surface area contributed by atoms with Crippen LogP contribution in [0.5, 0.6) is 5.75 Å². The van der Waals surface area contributed by atoms with Crippen molar-refractivity contribution >= 4 is 28.7 Å². The molecule has 0 saturated heterocycles. The molecule has 1 N–H and O–H groups in total. The van der Waals surface area contributed by atoms with Gasteiger partial charge in [-0.3, -0.25) is 5.32 Å². The quantitative estimate of drug-likeness (QED) is 0.481. The van der Waals surface area contributed by atoms with E-state index in [1.165, 1.54) is 26.4 Å². The van der Waals surface area contributed by atoms with Crippen LogP contribution >= 0.6 is 0 Å². The predicted octanol–water partition coefficient (Wildman–Crippen LogP) is 5.32. The molecule has 5 rings (SSSR count). The van der Waals surface area contributed by atoms with Crippen molar-refractivity contribution < 1.29 is 23.8 Å². The third kappa shape index (κ3) is 4.60. The number of esters is 1. The first-order chi connectivity index (χ1) is 16.5. The van der Waals surface area contributed by atoms with E-state index in [2.05, 4.69) is 16.1 Å². The summed E-state index contributed by atoms with van der Waals surface area (Å²) in [4.78, 5) is 24.1. The molecule has 1 aromatic heterocycles. The smallest absolute Gasteiger partial charge is 0.411 e. The number of nitrogens with one attached hydrogen (secondary N) is 1. The number of carbonyl (C=O) groups is 2. The molecule has 3 unspecified atom stereocenters. The maximum atomic E-state index is 12.5. The number of amides is 1. The summed E-state index contributed by atoms with van der Waals surface area (Å²) in [5, 5.41) is 3.99. The van der Waals surface area contributed by atoms with E-state index >= 15 is 0 Å². The van der Waals surface area contributed by atoms with Gasteiger partial charge in [-0.1, -0.05) is 0 Å². The van der Waals surface area contributed by atoms with Gasteiger partial charge >= 0.3 is 12.1 Å². The van der Waals surface area contributed by atoms with Crippen LogP contribution in [0.3, 0.4) is 0 Å². The lowest BCUT2D eigenvalue weighted by Crippen LogP contribution is -2.26. The van der Waals surface area contributed by atoms with Gasteiger partial charge in [0.25, 0.3) is 0 Å². The molecule has 2 aliphatic carbocycles. The van der Waals surface area contributed by atoms with Crippen LogP contribution in [0.15, 0.2) is 48.7 Å². The van der Waals surface area contributed by atoms with E-state index in [0.29, 0.717) is 30.3 Å². The summed E-state index contributed by atoms with van der Waals surface area (Å²) in [6, 6.07) is 12.8. The van der Waals surface area contributed by atoms with Gasteiger partial charge in [0, 0.05) is 36.3 Å². The number of aromatic nitrogens is 1. The van der Waals surface area contributed by atoms with Crippen LogP contribution in [-0.2, 0) is 22.9 Å². The fourth-order valence-electron chi connectivity index (χ4n) is 5.45. The predicted molar refractivity (Wildman–Crippen MR) is 129 cm³/mol. The van der Waals surface area contributed by atoms with Gasteiger partial charge in [-0.05, 0) is 85.5 Å². The van der Waals surface area contributed by atoms with Gasteiger partial charge < -0.3 is 18.8 Å². The summed E-state index contributed by atoms with van der Waals surface area (Å²) < 4.78 is 18.4.